The fourth-order valence-electron chi connectivity index (χ4n) is 4.94. The number of piperazine rings is 1. The first-order valence-electron chi connectivity index (χ1n) is 12.3. The van der Waals surface area contributed by atoms with E-state index >= 15 is 0 Å². The second-order valence-corrected chi connectivity index (χ2v) is 9.41. The van der Waals surface area contributed by atoms with E-state index in [1.165, 1.54) is 13.0 Å². The van der Waals surface area contributed by atoms with Crippen molar-refractivity contribution in [3.63, 3.8) is 0 Å². The third kappa shape index (κ3) is 6.34. The van der Waals surface area contributed by atoms with Crippen molar-refractivity contribution >= 4 is 23.0 Å². The van der Waals surface area contributed by atoms with E-state index in [0.29, 0.717) is 44.5 Å². The van der Waals surface area contributed by atoms with Gasteiger partial charge in [0.05, 0.1) is 11.7 Å². The van der Waals surface area contributed by atoms with Gasteiger partial charge in [-0.1, -0.05) is 18.2 Å². The summed E-state index contributed by atoms with van der Waals surface area (Å²) in [6.45, 7) is 4.37. The van der Waals surface area contributed by atoms with Gasteiger partial charge in [0, 0.05) is 43.6 Å². The predicted molar refractivity (Wildman–Crippen MR) is 132 cm³/mol. The predicted octanol–water partition coefficient (Wildman–Crippen LogP) is 5.50. The van der Waals surface area contributed by atoms with E-state index in [4.69, 9.17) is 4.74 Å². The summed E-state index contributed by atoms with van der Waals surface area (Å²) < 4.78 is 45.9. The molecular formula is C26H31F3N4O3. The molecule has 1 heterocycles. The fraction of sp³-hybridized carbons (Fsp3) is 0.500. The van der Waals surface area contributed by atoms with Crippen LogP contribution in [0.1, 0.15) is 36.8 Å². The van der Waals surface area contributed by atoms with Gasteiger partial charge in [0.15, 0.2) is 0 Å². The number of hydrogen-bond donors (Lipinski definition) is 1. The number of aryl methyl sites for hydroxylation is 1. The van der Waals surface area contributed by atoms with E-state index in [0.717, 1.165) is 24.8 Å². The van der Waals surface area contributed by atoms with E-state index in [2.05, 4.69) is 27.5 Å². The molecule has 0 radical (unpaired) electrons. The Balaban J connectivity index is 1.21. The molecule has 1 aliphatic carbocycles. The lowest BCUT2D eigenvalue weighted by Crippen LogP contribution is -2.50. The van der Waals surface area contributed by atoms with Crippen molar-refractivity contribution < 1.29 is 22.7 Å². The smallest absolute Gasteiger partial charge is 0.382 e. The monoisotopic (exact) mass is 504 g/mol. The Morgan fingerprint density at radius 2 is 1.72 bits per heavy atom. The first kappa shape index (κ1) is 25.9. The van der Waals surface area contributed by atoms with Crippen molar-refractivity contribution in [1.29, 1.82) is 0 Å². The highest BCUT2D eigenvalue weighted by Crippen LogP contribution is 2.40. The lowest BCUT2D eigenvalue weighted by atomic mass is 9.92. The quantitative estimate of drug-likeness (QED) is 0.504. The summed E-state index contributed by atoms with van der Waals surface area (Å²) in [6, 6.07) is 12.6. The van der Waals surface area contributed by atoms with Crippen LogP contribution in [0.2, 0.25) is 0 Å². The number of anilines is 2. The van der Waals surface area contributed by atoms with Crippen LogP contribution in [0, 0.1) is 11.8 Å². The highest BCUT2D eigenvalue weighted by atomic mass is 19.4. The van der Waals surface area contributed by atoms with Gasteiger partial charge >= 0.3 is 6.18 Å². The number of benzene rings is 2. The molecule has 36 heavy (non-hydrogen) atoms. The average Bonchev–Trinajstić information content (AvgIpc) is 2.88. The van der Waals surface area contributed by atoms with Gasteiger partial charge in [-0.2, -0.15) is 13.2 Å². The maximum atomic E-state index is 13.3. The topological polar surface area (TPSA) is 74.2 Å². The Labute approximate surface area is 208 Å². The fourth-order valence-corrected chi connectivity index (χ4v) is 4.94. The van der Waals surface area contributed by atoms with Gasteiger partial charge < -0.3 is 19.9 Å². The lowest BCUT2D eigenvalue weighted by Gasteiger charge is -2.36. The van der Waals surface area contributed by atoms with E-state index in [1.807, 2.05) is 23.1 Å². The molecule has 2 aliphatic rings. The second kappa shape index (κ2) is 11.3. The Hall–Kier alpha value is -3.14. The van der Waals surface area contributed by atoms with Crippen LogP contribution in [-0.4, -0.2) is 55.7 Å². The van der Waals surface area contributed by atoms with Crippen molar-refractivity contribution in [2.75, 3.05) is 43.0 Å². The van der Waals surface area contributed by atoms with E-state index in [1.54, 1.807) is 0 Å². The van der Waals surface area contributed by atoms with Crippen LogP contribution in [0.15, 0.2) is 47.6 Å². The molecule has 2 aromatic carbocycles. The summed E-state index contributed by atoms with van der Waals surface area (Å²) in [5.74, 6) is -0.0120. The van der Waals surface area contributed by atoms with Gasteiger partial charge in [0.25, 0.3) is 0 Å². The summed E-state index contributed by atoms with van der Waals surface area (Å²) >= 11 is 0. The molecule has 0 aromatic heterocycles. The minimum Gasteiger partial charge on any atom is -0.382 e. The minimum absolute atomic E-state index is 0.0119. The number of nitrogens with one attached hydrogen (secondary N) is 1. The zero-order chi connectivity index (χ0) is 25.7. The summed E-state index contributed by atoms with van der Waals surface area (Å²) in [5.41, 5.74) is 0.0627. The average molecular weight is 505 g/mol. The second-order valence-electron chi connectivity index (χ2n) is 9.41. The zero-order valence-corrected chi connectivity index (χ0v) is 20.3. The number of hydrogen-bond acceptors (Lipinski definition) is 6. The van der Waals surface area contributed by atoms with Crippen molar-refractivity contribution in [3.8, 4) is 0 Å². The van der Waals surface area contributed by atoms with Gasteiger partial charge in [-0.05, 0) is 67.6 Å². The molecule has 1 saturated heterocycles. The molecule has 2 fully saturated rings. The first-order valence-corrected chi connectivity index (χ1v) is 12.3. The molecular weight excluding hydrogens is 473 g/mol. The number of alkyl halides is 3. The number of ether oxygens (including phenoxy) is 1. The molecule has 1 N–H and O–H groups in total. The number of halogens is 3. The molecule has 194 valence electrons. The SMILES string of the molecule is Cc1cc(NC2CCC(OCC(=O)N3CCN(c4ccccc4)CC3)CC2)cc(C(F)(F)F)c1N=O. The first-order chi connectivity index (χ1) is 17.2. The molecule has 0 spiro atoms. The molecule has 1 aliphatic heterocycles. The highest BCUT2D eigenvalue weighted by Gasteiger charge is 2.35. The van der Waals surface area contributed by atoms with Crippen molar-refractivity contribution in [3.05, 3.63) is 58.5 Å². The molecule has 7 nitrogen and oxygen atoms in total. The molecule has 0 atom stereocenters. The van der Waals surface area contributed by atoms with E-state index in [9.17, 15) is 22.9 Å². The van der Waals surface area contributed by atoms with Gasteiger partial charge in [-0.3, -0.25) is 4.79 Å². The Bertz CT molecular complexity index is 1050. The van der Waals surface area contributed by atoms with Crippen molar-refractivity contribution in [2.24, 2.45) is 5.18 Å². The summed E-state index contributed by atoms with van der Waals surface area (Å²) in [4.78, 5) is 27.6. The van der Waals surface area contributed by atoms with E-state index in [-0.39, 0.29) is 30.2 Å². The van der Waals surface area contributed by atoms with Gasteiger partial charge in [-0.15, -0.1) is 4.91 Å². The number of nitroso groups, excluding NO2 is 1. The maximum Gasteiger partial charge on any atom is 0.418 e. The van der Waals surface area contributed by atoms with Crippen LogP contribution in [0.3, 0.4) is 0 Å². The minimum atomic E-state index is -4.65. The van der Waals surface area contributed by atoms with Gasteiger partial charge in [-0.25, -0.2) is 0 Å². The molecule has 4 rings (SSSR count). The number of rotatable bonds is 7. The van der Waals surface area contributed by atoms with Crippen LogP contribution in [0.4, 0.5) is 30.2 Å². The third-order valence-corrected chi connectivity index (χ3v) is 6.94. The maximum absolute atomic E-state index is 13.3. The van der Waals surface area contributed by atoms with E-state index < -0.39 is 17.4 Å². The summed E-state index contributed by atoms with van der Waals surface area (Å²) in [7, 11) is 0. The number of nitrogens with zero attached hydrogens (tertiary/aromatic N) is 3. The molecule has 1 amide bonds. The van der Waals surface area contributed by atoms with Gasteiger partial charge in [0.2, 0.25) is 5.91 Å². The largest absolute Gasteiger partial charge is 0.418 e. The third-order valence-electron chi connectivity index (χ3n) is 6.94. The Morgan fingerprint density at radius 3 is 2.33 bits per heavy atom. The highest BCUT2D eigenvalue weighted by molar-refractivity contribution is 5.77. The Morgan fingerprint density at radius 1 is 1.06 bits per heavy atom. The number of carbonyl (C=O) groups is 1. The summed E-state index contributed by atoms with van der Waals surface area (Å²) in [6.07, 6.45) is -1.85. The number of carbonyl (C=O) groups excluding carboxylic acids is 1. The molecule has 10 heteroatoms. The van der Waals surface area contributed by atoms with Gasteiger partial charge in [0.1, 0.15) is 12.3 Å². The summed E-state index contributed by atoms with van der Waals surface area (Å²) in [5, 5.41) is 5.73. The van der Waals surface area contributed by atoms with Crippen LogP contribution in [-0.2, 0) is 15.7 Å². The normalized spacial score (nSPS) is 20.8. The van der Waals surface area contributed by atoms with Crippen LogP contribution >= 0.6 is 0 Å². The Kier molecular flexibility index (Phi) is 8.13. The number of para-hydroxylation sites is 1. The molecule has 0 bridgehead atoms. The number of amides is 1. The van der Waals surface area contributed by atoms with Crippen LogP contribution < -0.4 is 10.2 Å². The molecule has 0 unspecified atom stereocenters. The van der Waals surface area contributed by atoms with Crippen LogP contribution in [0.25, 0.3) is 0 Å². The molecule has 2 aromatic rings. The zero-order valence-electron chi connectivity index (χ0n) is 20.3. The van der Waals surface area contributed by atoms with Crippen molar-refractivity contribution in [2.45, 2.75) is 50.9 Å². The van der Waals surface area contributed by atoms with Crippen molar-refractivity contribution in [1.82, 2.24) is 4.90 Å². The van der Waals surface area contributed by atoms with Crippen LogP contribution in [0.5, 0.6) is 0 Å². The standard InChI is InChI=1S/C26H31F3N4O3/c1-18-15-20(16-23(25(18)31-35)26(27,28)29)30-19-7-9-22(10-8-19)36-17-24(34)33-13-11-32(12-14-33)21-5-3-2-4-6-21/h2-6,15-16,19,22,30H,7-14,17H2,1H3. The molecule has 1 saturated carbocycles. The lowest BCUT2D eigenvalue weighted by molar-refractivity contribution is -0.139.